The lowest BCUT2D eigenvalue weighted by molar-refractivity contribution is -0.454. The number of esters is 1. The number of hydrogen-bond acceptors (Lipinski definition) is 6. The van der Waals surface area contributed by atoms with Gasteiger partial charge in [0.15, 0.2) is 12.4 Å². The molecule has 6 heteroatoms. The Hall–Kier alpha value is -0.690. The topological polar surface area (TPSA) is 57.2 Å². The number of ether oxygens (including phenoxy) is 2. The highest BCUT2D eigenvalue weighted by Gasteiger charge is 2.61. The third-order valence-electron chi connectivity index (χ3n) is 5.26. The number of methoxy groups -OCH3 is 1. The number of rotatable bonds is 5. The van der Waals surface area contributed by atoms with E-state index in [0.29, 0.717) is 6.61 Å². The minimum Gasteiger partial charge on any atom is -0.467 e. The van der Waals surface area contributed by atoms with E-state index in [9.17, 15) is 4.79 Å². The first-order valence-corrected chi connectivity index (χ1v) is 8.54. The summed E-state index contributed by atoms with van der Waals surface area (Å²) >= 11 is 0. The number of carbonyl (C=O) groups is 1. The number of hydrogen-bond donors (Lipinski definition) is 0. The Labute approximate surface area is 131 Å². The van der Waals surface area contributed by atoms with Gasteiger partial charge in [-0.15, -0.1) is 0 Å². The molecule has 0 aromatic heterocycles. The summed E-state index contributed by atoms with van der Waals surface area (Å²) in [5.41, 5.74) is -0.179. The van der Waals surface area contributed by atoms with Gasteiger partial charge < -0.3 is 9.47 Å². The molecular weight excluding hydrogens is 286 g/mol. The summed E-state index contributed by atoms with van der Waals surface area (Å²) in [4.78, 5) is 23.8. The zero-order valence-electron chi connectivity index (χ0n) is 13.6. The lowest BCUT2D eigenvalue weighted by atomic mass is 9.68. The summed E-state index contributed by atoms with van der Waals surface area (Å²) in [5, 5.41) is 1.60. The predicted molar refractivity (Wildman–Crippen MR) is 78.4 cm³/mol. The maximum atomic E-state index is 12.0. The Kier molecular flexibility index (Phi) is 5.02. The molecule has 6 nitrogen and oxygen atoms in total. The van der Waals surface area contributed by atoms with Gasteiger partial charge in [-0.3, -0.25) is 4.84 Å². The van der Waals surface area contributed by atoms with Crippen LogP contribution in [0.2, 0.25) is 0 Å². The molecule has 2 aliphatic heterocycles. The molecule has 0 N–H and O–H groups in total. The van der Waals surface area contributed by atoms with E-state index in [1.807, 2.05) is 0 Å². The zero-order chi connectivity index (χ0) is 15.6. The van der Waals surface area contributed by atoms with E-state index in [0.717, 1.165) is 51.4 Å². The Morgan fingerprint density at radius 1 is 1.27 bits per heavy atom. The van der Waals surface area contributed by atoms with Gasteiger partial charge in [-0.05, 0) is 25.7 Å². The highest BCUT2D eigenvalue weighted by molar-refractivity contribution is 5.75. The molecule has 0 aromatic carbocycles. The molecule has 1 aliphatic carbocycles. The molecule has 1 saturated carbocycles. The Bertz CT molecular complexity index is 404. The SMILES string of the molecule is CCCCO[C@H]1CC[C@]23CCCC[C@H]2[C@@H](C(=O)OC)ON3O1. The molecule has 3 aliphatic rings. The van der Waals surface area contributed by atoms with Gasteiger partial charge in [0.1, 0.15) is 0 Å². The van der Waals surface area contributed by atoms with Gasteiger partial charge in [0, 0.05) is 18.9 Å². The lowest BCUT2D eigenvalue weighted by Gasteiger charge is -2.46. The van der Waals surface area contributed by atoms with Crippen molar-refractivity contribution in [3.05, 3.63) is 0 Å². The minimum atomic E-state index is -0.542. The summed E-state index contributed by atoms with van der Waals surface area (Å²) in [7, 11) is 1.41. The summed E-state index contributed by atoms with van der Waals surface area (Å²) in [6.45, 7) is 2.84. The van der Waals surface area contributed by atoms with Crippen molar-refractivity contribution in [3.8, 4) is 0 Å². The molecular formula is C16H27NO5. The Morgan fingerprint density at radius 2 is 2.14 bits per heavy atom. The van der Waals surface area contributed by atoms with Crippen LogP contribution in [-0.2, 0) is 23.9 Å². The smallest absolute Gasteiger partial charge is 0.337 e. The van der Waals surface area contributed by atoms with Gasteiger partial charge in [-0.25, -0.2) is 9.63 Å². The van der Waals surface area contributed by atoms with Crippen molar-refractivity contribution in [2.24, 2.45) is 5.92 Å². The van der Waals surface area contributed by atoms with Crippen LogP contribution in [0.5, 0.6) is 0 Å². The van der Waals surface area contributed by atoms with Gasteiger partial charge >= 0.3 is 5.97 Å². The van der Waals surface area contributed by atoms with E-state index < -0.39 is 6.10 Å². The maximum absolute atomic E-state index is 12.0. The van der Waals surface area contributed by atoms with Crippen LogP contribution in [0, 0.1) is 5.92 Å². The second kappa shape index (κ2) is 6.83. The van der Waals surface area contributed by atoms with E-state index in [-0.39, 0.29) is 23.7 Å². The first-order chi connectivity index (χ1) is 10.7. The number of unbranched alkanes of at least 4 members (excludes halogenated alkanes) is 1. The predicted octanol–water partition coefficient (Wildman–Crippen LogP) is 2.57. The average molecular weight is 313 g/mol. The van der Waals surface area contributed by atoms with Crippen molar-refractivity contribution in [1.82, 2.24) is 5.23 Å². The molecule has 0 aromatic rings. The number of nitrogens with zero attached hydrogens (tertiary/aromatic N) is 1. The average Bonchev–Trinajstić information content (AvgIpc) is 2.89. The highest BCUT2D eigenvalue weighted by atomic mass is 17.0. The third-order valence-corrected chi connectivity index (χ3v) is 5.26. The summed E-state index contributed by atoms with van der Waals surface area (Å²) in [6.07, 6.45) is 7.39. The first-order valence-electron chi connectivity index (χ1n) is 8.54. The van der Waals surface area contributed by atoms with Crippen molar-refractivity contribution in [3.63, 3.8) is 0 Å². The van der Waals surface area contributed by atoms with Crippen molar-refractivity contribution >= 4 is 5.97 Å². The molecule has 0 amide bonds. The van der Waals surface area contributed by atoms with E-state index >= 15 is 0 Å². The summed E-state index contributed by atoms with van der Waals surface area (Å²) in [6, 6.07) is 0. The second-order valence-corrected chi connectivity index (χ2v) is 6.56. The molecule has 22 heavy (non-hydrogen) atoms. The van der Waals surface area contributed by atoms with E-state index in [1.54, 1.807) is 5.23 Å². The summed E-state index contributed by atoms with van der Waals surface area (Å²) < 4.78 is 10.7. The van der Waals surface area contributed by atoms with Crippen molar-refractivity contribution in [2.75, 3.05) is 13.7 Å². The van der Waals surface area contributed by atoms with Crippen molar-refractivity contribution in [2.45, 2.75) is 76.2 Å². The maximum Gasteiger partial charge on any atom is 0.337 e. The second-order valence-electron chi connectivity index (χ2n) is 6.56. The van der Waals surface area contributed by atoms with Crippen LogP contribution in [0.1, 0.15) is 58.3 Å². The molecule has 0 unspecified atom stereocenters. The molecule has 4 atom stereocenters. The highest BCUT2D eigenvalue weighted by Crippen LogP contribution is 2.52. The Morgan fingerprint density at radius 3 is 2.91 bits per heavy atom. The summed E-state index contributed by atoms with van der Waals surface area (Å²) in [5.74, 6) is -0.141. The largest absolute Gasteiger partial charge is 0.467 e. The minimum absolute atomic E-state index is 0.158. The molecule has 2 heterocycles. The van der Waals surface area contributed by atoms with Crippen molar-refractivity contribution < 1.29 is 23.9 Å². The van der Waals surface area contributed by atoms with Gasteiger partial charge in [-0.2, -0.15) is 0 Å². The zero-order valence-corrected chi connectivity index (χ0v) is 13.6. The number of hydroxylamine groups is 2. The fourth-order valence-corrected chi connectivity index (χ4v) is 4.05. The van der Waals surface area contributed by atoms with Crippen LogP contribution in [-0.4, -0.2) is 42.8 Å². The Balaban J connectivity index is 1.70. The van der Waals surface area contributed by atoms with Crippen LogP contribution in [0.15, 0.2) is 0 Å². The fourth-order valence-electron chi connectivity index (χ4n) is 4.05. The molecule has 0 radical (unpaired) electrons. The van der Waals surface area contributed by atoms with Gasteiger partial charge in [0.05, 0.1) is 12.6 Å². The quantitative estimate of drug-likeness (QED) is 0.574. The van der Waals surface area contributed by atoms with E-state index in [1.165, 1.54) is 7.11 Å². The van der Waals surface area contributed by atoms with Gasteiger partial charge in [0.2, 0.25) is 0 Å². The standard InChI is InChI=1S/C16H27NO5/c1-3-4-11-20-13-8-10-16-9-6-5-7-12(16)14(15(18)19-2)22-17(16)21-13/h12-14H,3-11H2,1-2H3/t12-,13+,14-,16+/m0/s1. The number of carbonyl (C=O) groups excluding carboxylic acids is 1. The molecule has 2 saturated heterocycles. The molecule has 1 spiro atoms. The molecule has 3 rings (SSSR count). The third kappa shape index (κ3) is 2.77. The monoisotopic (exact) mass is 313 g/mol. The molecule has 126 valence electrons. The fraction of sp³-hybridized carbons (Fsp3) is 0.938. The van der Waals surface area contributed by atoms with Crippen LogP contribution >= 0.6 is 0 Å². The van der Waals surface area contributed by atoms with E-state index in [2.05, 4.69) is 6.92 Å². The van der Waals surface area contributed by atoms with E-state index in [4.69, 9.17) is 19.1 Å². The normalized spacial score (nSPS) is 38.4. The molecule has 0 bridgehead atoms. The molecule has 3 fully saturated rings. The van der Waals surface area contributed by atoms with Crippen LogP contribution < -0.4 is 0 Å². The first kappa shape index (κ1) is 16.2. The van der Waals surface area contributed by atoms with Crippen LogP contribution in [0.3, 0.4) is 0 Å². The van der Waals surface area contributed by atoms with Gasteiger partial charge in [0.25, 0.3) is 0 Å². The van der Waals surface area contributed by atoms with Crippen molar-refractivity contribution in [1.29, 1.82) is 0 Å². The van der Waals surface area contributed by atoms with Gasteiger partial charge in [-0.1, -0.05) is 31.4 Å². The lowest BCUT2D eigenvalue weighted by Crippen LogP contribution is -2.55. The van der Waals surface area contributed by atoms with Crippen LogP contribution in [0.4, 0.5) is 0 Å². The van der Waals surface area contributed by atoms with Crippen LogP contribution in [0.25, 0.3) is 0 Å².